The molecule has 1 aliphatic rings. The minimum Gasteiger partial charge on any atom is -0.497 e. The number of hydrogen-bond acceptors (Lipinski definition) is 4. The number of carbonyl (C=O) groups is 2. The van der Waals surface area contributed by atoms with E-state index in [2.05, 4.69) is 10.2 Å². The number of aryl methyl sites for hydroxylation is 2. The molecule has 0 radical (unpaired) electrons. The summed E-state index contributed by atoms with van der Waals surface area (Å²) < 4.78 is 5.18. The zero-order valence-electron chi connectivity index (χ0n) is 18.8. The standard InChI is InChI=1S/C25H33N3O3/c1-19-6-4-7-22(18-19)26-25(30)20(2)27-14-5-15-28(17-16-27)24(29)13-10-21-8-11-23(31-3)12-9-21/h4,6-9,11-12,18,20H,5,10,13-17H2,1-3H3,(H,26,30). The maximum atomic E-state index is 12.7. The van der Waals surface area contributed by atoms with E-state index in [1.165, 1.54) is 0 Å². The lowest BCUT2D eigenvalue weighted by Crippen LogP contribution is -2.44. The van der Waals surface area contributed by atoms with Crippen molar-refractivity contribution in [1.82, 2.24) is 9.80 Å². The Balaban J connectivity index is 1.48. The lowest BCUT2D eigenvalue weighted by atomic mass is 10.1. The molecule has 1 unspecified atom stereocenters. The highest BCUT2D eigenvalue weighted by atomic mass is 16.5. The Morgan fingerprint density at radius 2 is 1.84 bits per heavy atom. The molecule has 1 fully saturated rings. The van der Waals surface area contributed by atoms with Gasteiger partial charge in [0.2, 0.25) is 11.8 Å². The van der Waals surface area contributed by atoms with Gasteiger partial charge in [-0.05, 0) is 62.1 Å². The van der Waals surface area contributed by atoms with Crippen molar-refractivity contribution in [3.8, 4) is 5.75 Å². The summed E-state index contributed by atoms with van der Waals surface area (Å²) >= 11 is 0. The summed E-state index contributed by atoms with van der Waals surface area (Å²) in [5.41, 5.74) is 3.07. The van der Waals surface area contributed by atoms with Crippen LogP contribution in [0, 0.1) is 6.92 Å². The van der Waals surface area contributed by atoms with Crippen LogP contribution in [0.5, 0.6) is 5.75 Å². The fourth-order valence-corrected chi connectivity index (χ4v) is 3.91. The second-order valence-corrected chi connectivity index (χ2v) is 8.15. The predicted octanol–water partition coefficient (Wildman–Crippen LogP) is 3.50. The van der Waals surface area contributed by atoms with Gasteiger partial charge in [0.1, 0.15) is 5.75 Å². The minimum absolute atomic E-state index is 0.00937. The van der Waals surface area contributed by atoms with E-state index >= 15 is 0 Å². The highest BCUT2D eigenvalue weighted by Crippen LogP contribution is 2.15. The van der Waals surface area contributed by atoms with Crippen LogP contribution in [0.4, 0.5) is 5.69 Å². The van der Waals surface area contributed by atoms with E-state index in [0.29, 0.717) is 19.5 Å². The van der Waals surface area contributed by atoms with E-state index in [1.807, 2.05) is 67.3 Å². The topological polar surface area (TPSA) is 61.9 Å². The zero-order valence-corrected chi connectivity index (χ0v) is 18.8. The summed E-state index contributed by atoms with van der Waals surface area (Å²) in [5, 5.41) is 3.01. The monoisotopic (exact) mass is 423 g/mol. The average molecular weight is 424 g/mol. The summed E-state index contributed by atoms with van der Waals surface area (Å²) in [5.74, 6) is 0.989. The van der Waals surface area contributed by atoms with Gasteiger partial charge in [-0.25, -0.2) is 0 Å². The Bertz CT molecular complexity index is 882. The molecule has 2 aromatic rings. The van der Waals surface area contributed by atoms with Crippen LogP contribution in [0.1, 0.15) is 30.9 Å². The molecule has 1 aliphatic heterocycles. The molecule has 1 atom stereocenters. The Labute approximate surface area is 185 Å². The number of anilines is 1. The second kappa shape index (κ2) is 11.0. The average Bonchev–Trinajstić information content (AvgIpc) is 3.03. The first-order valence-electron chi connectivity index (χ1n) is 11.0. The molecule has 0 spiro atoms. The van der Waals surface area contributed by atoms with Crippen LogP contribution in [0.2, 0.25) is 0 Å². The van der Waals surface area contributed by atoms with Gasteiger partial charge in [0.25, 0.3) is 0 Å². The molecule has 0 saturated carbocycles. The molecule has 0 aromatic heterocycles. The number of carbonyl (C=O) groups excluding carboxylic acids is 2. The molecule has 6 heteroatoms. The Morgan fingerprint density at radius 3 is 2.55 bits per heavy atom. The lowest BCUT2D eigenvalue weighted by Gasteiger charge is -2.27. The predicted molar refractivity (Wildman–Crippen MR) is 123 cm³/mol. The molecule has 1 N–H and O–H groups in total. The number of ether oxygens (including phenoxy) is 1. The molecular formula is C25H33N3O3. The molecule has 3 rings (SSSR count). The van der Waals surface area contributed by atoms with E-state index in [1.54, 1.807) is 7.11 Å². The number of methoxy groups -OCH3 is 1. The van der Waals surface area contributed by atoms with Gasteiger partial charge >= 0.3 is 0 Å². The summed E-state index contributed by atoms with van der Waals surface area (Å²) in [4.78, 5) is 29.6. The highest BCUT2D eigenvalue weighted by molar-refractivity contribution is 5.94. The van der Waals surface area contributed by atoms with Crippen molar-refractivity contribution in [3.05, 3.63) is 59.7 Å². The molecule has 1 saturated heterocycles. The zero-order chi connectivity index (χ0) is 22.2. The van der Waals surface area contributed by atoms with E-state index in [9.17, 15) is 9.59 Å². The van der Waals surface area contributed by atoms with Crippen LogP contribution < -0.4 is 10.1 Å². The van der Waals surface area contributed by atoms with Gasteiger partial charge in [0.05, 0.1) is 13.2 Å². The van der Waals surface area contributed by atoms with Crippen molar-refractivity contribution in [1.29, 1.82) is 0 Å². The van der Waals surface area contributed by atoms with Crippen LogP contribution in [0.25, 0.3) is 0 Å². The van der Waals surface area contributed by atoms with Crippen molar-refractivity contribution in [2.45, 2.75) is 39.2 Å². The Morgan fingerprint density at radius 1 is 1.06 bits per heavy atom. The molecule has 2 aromatic carbocycles. The van der Waals surface area contributed by atoms with Gasteiger partial charge < -0.3 is 15.0 Å². The van der Waals surface area contributed by atoms with Crippen LogP contribution >= 0.6 is 0 Å². The SMILES string of the molecule is COc1ccc(CCC(=O)N2CCCN(C(C)C(=O)Nc3cccc(C)c3)CC2)cc1. The maximum absolute atomic E-state index is 12.7. The Hall–Kier alpha value is -2.86. The number of benzene rings is 2. The fraction of sp³-hybridized carbons (Fsp3) is 0.440. The van der Waals surface area contributed by atoms with Crippen molar-refractivity contribution >= 4 is 17.5 Å². The number of nitrogens with one attached hydrogen (secondary N) is 1. The molecule has 31 heavy (non-hydrogen) atoms. The Kier molecular flexibility index (Phi) is 8.06. The van der Waals surface area contributed by atoms with Crippen LogP contribution in [-0.2, 0) is 16.0 Å². The van der Waals surface area contributed by atoms with Crippen LogP contribution in [0.15, 0.2) is 48.5 Å². The summed E-state index contributed by atoms with van der Waals surface area (Å²) in [7, 11) is 1.65. The number of nitrogens with zero attached hydrogens (tertiary/aromatic N) is 2. The first kappa shape index (κ1) is 22.8. The summed E-state index contributed by atoms with van der Waals surface area (Å²) in [6, 6.07) is 15.4. The third kappa shape index (κ3) is 6.56. The number of hydrogen-bond donors (Lipinski definition) is 1. The van der Waals surface area contributed by atoms with Gasteiger partial charge in [0, 0.05) is 38.3 Å². The highest BCUT2D eigenvalue weighted by Gasteiger charge is 2.25. The van der Waals surface area contributed by atoms with Gasteiger partial charge in [-0.2, -0.15) is 0 Å². The number of amides is 2. The van der Waals surface area contributed by atoms with Gasteiger partial charge in [-0.1, -0.05) is 24.3 Å². The van der Waals surface area contributed by atoms with E-state index in [4.69, 9.17) is 4.74 Å². The smallest absolute Gasteiger partial charge is 0.241 e. The normalized spacial score (nSPS) is 15.8. The van der Waals surface area contributed by atoms with Crippen LogP contribution in [-0.4, -0.2) is 60.9 Å². The fourth-order valence-electron chi connectivity index (χ4n) is 3.91. The van der Waals surface area contributed by atoms with Gasteiger partial charge in [-0.3, -0.25) is 14.5 Å². The molecule has 0 bridgehead atoms. The first-order valence-corrected chi connectivity index (χ1v) is 11.0. The van der Waals surface area contributed by atoms with E-state index in [-0.39, 0.29) is 17.9 Å². The minimum atomic E-state index is -0.241. The molecule has 0 aliphatic carbocycles. The van der Waals surface area contributed by atoms with Crippen molar-refractivity contribution < 1.29 is 14.3 Å². The number of rotatable bonds is 7. The van der Waals surface area contributed by atoms with E-state index in [0.717, 1.165) is 48.5 Å². The largest absolute Gasteiger partial charge is 0.497 e. The molecule has 6 nitrogen and oxygen atoms in total. The quantitative estimate of drug-likeness (QED) is 0.741. The van der Waals surface area contributed by atoms with Gasteiger partial charge in [0.15, 0.2) is 0 Å². The summed E-state index contributed by atoms with van der Waals surface area (Å²) in [6.07, 6.45) is 2.09. The van der Waals surface area contributed by atoms with Crippen molar-refractivity contribution in [2.24, 2.45) is 0 Å². The molecule has 1 heterocycles. The molecule has 2 amide bonds. The van der Waals surface area contributed by atoms with Crippen molar-refractivity contribution in [3.63, 3.8) is 0 Å². The lowest BCUT2D eigenvalue weighted by molar-refractivity contribution is -0.131. The first-order chi connectivity index (χ1) is 15.0. The third-order valence-electron chi connectivity index (χ3n) is 5.88. The second-order valence-electron chi connectivity index (χ2n) is 8.15. The summed E-state index contributed by atoms with van der Waals surface area (Å²) in [6.45, 7) is 6.86. The molecular weight excluding hydrogens is 390 g/mol. The molecule has 166 valence electrons. The van der Waals surface area contributed by atoms with Crippen LogP contribution in [0.3, 0.4) is 0 Å². The van der Waals surface area contributed by atoms with Gasteiger partial charge in [-0.15, -0.1) is 0 Å². The maximum Gasteiger partial charge on any atom is 0.241 e. The van der Waals surface area contributed by atoms with Crippen molar-refractivity contribution in [2.75, 3.05) is 38.6 Å². The third-order valence-corrected chi connectivity index (χ3v) is 5.88. The van der Waals surface area contributed by atoms with E-state index < -0.39 is 0 Å².